The number of hydrogen-bond acceptors (Lipinski definition) is 5. The molecule has 0 aromatic heterocycles. The topological polar surface area (TPSA) is 65.1 Å². The molecule has 0 N–H and O–H groups in total. The summed E-state index contributed by atoms with van der Waals surface area (Å²) in [5, 5.41) is 0. The Kier molecular flexibility index (Phi) is 6.44. The lowest BCUT2D eigenvalue weighted by Gasteiger charge is -2.39. The highest BCUT2D eigenvalue weighted by atomic mass is 16.6. The van der Waals surface area contributed by atoms with Crippen LogP contribution in [0.5, 0.6) is 11.5 Å². The summed E-state index contributed by atoms with van der Waals surface area (Å²) in [6.07, 6.45) is 7.01. The Morgan fingerprint density at radius 2 is 1.93 bits per heavy atom. The summed E-state index contributed by atoms with van der Waals surface area (Å²) in [4.78, 5) is 26.7. The summed E-state index contributed by atoms with van der Waals surface area (Å²) < 4.78 is 16.1. The third-order valence-corrected chi connectivity index (χ3v) is 5.98. The quantitative estimate of drug-likeness (QED) is 0.628. The molecule has 1 aromatic carbocycles. The van der Waals surface area contributed by atoms with Crippen LogP contribution in [-0.4, -0.2) is 49.7 Å². The van der Waals surface area contributed by atoms with Crippen molar-refractivity contribution in [2.45, 2.75) is 53.0 Å². The van der Waals surface area contributed by atoms with E-state index in [1.165, 1.54) is 0 Å². The fraction of sp³-hybridized carbons (Fsp3) is 0.583. The van der Waals surface area contributed by atoms with Crippen LogP contribution in [0.4, 0.5) is 0 Å². The van der Waals surface area contributed by atoms with Crippen LogP contribution in [-0.2, 0) is 14.3 Å². The largest absolute Gasteiger partial charge is 0.493 e. The number of carbonyl (C=O) groups is 2. The molecule has 1 amide bonds. The van der Waals surface area contributed by atoms with Crippen LogP contribution < -0.4 is 9.47 Å². The van der Waals surface area contributed by atoms with Crippen LogP contribution in [0.1, 0.15) is 52.5 Å². The summed E-state index contributed by atoms with van der Waals surface area (Å²) >= 11 is 0. The Labute approximate surface area is 179 Å². The van der Waals surface area contributed by atoms with Crippen LogP contribution in [0.3, 0.4) is 0 Å². The highest BCUT2D eigenvalue weighted by Crippen LogP contribution is 2.52. The molecule has 1 saturated heterocycles. The number of esters is 1. The van der Waals surface area contributed by atoms with Crippen molar-refractivity contribution in [3.05, 3.63) is 29.8 Å². The summed E-state index contributed by atoms with van der Waals surface area (Å²) in [6, 6.07) is 5.69. The molecule has 3 rings (SSSR count). The molecule has 1 saturated carbocycles. The van der Waals surface area contributed by atoms with Gasteiger partial charge in [0.05, 0.1) is 7.11 Å². The van der Waals surface area contributed by atoms with Gasteiger partial charge in [0.2, 0.25) is 0 Å². The lowest BCUT2D eigenvalue weighted by Crippen LogP contribution is -2.40. The first-order chi connectivity index (χ1) is 14.1. The lowest BCUT2D eigenvalue weighted by molar-refractivity contribution is -0.154. The van der Waals surface area contributed by atoms with E-state index in [4.69, 9.17) is 14.2 Å². The van der Waals surface area contributed by atoms with E-state index in [9.17, 15) is 9.59 Å². The highest BCUT2D eigenvalue weighted by Gasteiger charge is 2.50. The van der Waals surface area contributed by atoms with Gasteiger partial charge in [-0.15, -0.1) is 0 Å². The normalized spacial score (nSPS) is 24.7. The van der Waals surface area contributed by atoms with Gasteiger partial charge >= 0.3 is 5.97 Å². The Morgan fingerprint density at radius 3 is 2.63 bits per heavy atom. The zero-order valence-electron chi connectivity index (χ0n) is 18.7. The molecule has 164 valence electrons. The SMILES string of the molecule is C/C=C/c1ccc(OCC(=O)OCC(=O)N2C[C@@]3(C)C[C@@H]2CC(C)(C)C3)c(OC)c1. The monoisotopic (exact) mass is 415 g/mol. The third kappa shape index (κ3) is 5.15. The lowest BCUT2D eigenvalue weighted by atomic mass is 9.65. The second-order valence-electron chi connectivity index (χ2n) is 9.60. The number of benzene rings is 1. The fourth-order valence-electron chi connectivity index (χ4n) is 5.25. The average Bonchev–Trinajstić information content (AvgIpc) is 2.93. The van der Waals surface area contributed by atoms with Gasteiger partial charge in [0.25, 0.3) is 5.91 Å². The number of hydrogen-bond donors (Lipinski definition) is 0. The van der Waals surface area contributed by atoms with Crippen LogP contribution in [0.15, 0.2) is 24.3 Å². The van der Waals surface area contributed by atoms with Gasteiger partial charge in [0.1, 0.15) is 0 Å². The zero-order chi connectivity index (χ0) is 21.9. The molecule has 30 heavy (non-hydrogen) atoms. The predicted octanol–water partition coefficient (Wildman–Crippen LogP) is 4.08. The predicted molar refractivity (Wildman–Crippen MR) is 115 cm³/mol. The van der Waals surface area contributed by atoms with Gasteiger partial charge in [0, 0.05) is 12.6 Å². The first kappa shape index (κ1) is 22.2. The van der Waals surface area contributed by atoms with E-state index in [0.717, 1.165) is 31.4 Å². The number of amides is 1. The minimum Gasteiger partial charge on any atom is -0.493 e. The van der Waals surface area contributed by atoms with Crippen LogP contribution in [0, 0.1) is 10.8 Å². The van der Waals surface area contributed by atoms with Gasteiger partial charge in [-0.2, -0.15) is 0 Å². The number of allylic oxidation sites excluding steroid dienone is 1. The van der Waals surface area contributed by atoms with E-state index < -0.39 is 5.97 Å². The average molecular weight is 416 g/mol. The van der Waals surface area contributed by atoms with Gasteiger partial charge < -0.3 is 19.1 Å². The smallest absolute Gasteiger partial charge is 0.344 e. The maximum absolute atomic E-state index is 12.7. The van der Waals surface area contributed by atoms with Crippen LogP contribution >= 0.6 is 0 Å². The number of fused-ring (bicyclic) bond motifs is 2. The number of likely N-dealkylation sites (tertiary alicyclic amines) is 1. The molecule has 2 atom stereocenters. The minimum absolute atomic E-state index is 0.122. The second-order valence-corrected chi connectivity index (χ2v) is 9.60. The maximum atomic E-state index is 12.7. The molecule has 0 radical (unpaired) electrons. The molecule has 2 fully saturated rings. The summed E-state index contributed by atoms with van der Waals surface area (Å²) in [6.45, 7) is 8.94. The molecule has 0 unspecified atom stereocenters. The van der Waals surface area contributed by atoms with Crippen molar-refractivity contribution in [1.29, 1.82) is 0 Å². The van der Waals surface area contributed by atoms with Crippen molar-refractivity contribution >= 4 is 18.0 Å². The first-order valence-electron chi connectivity index (χ1n) is 10.5. The molecule has 0 spiro atoms. The summed E-state index contributed by atoms with van der Waals surface area (Å²) in [5.41, 5.74) is 1.37. The number of rotatable bonds is 7. The maximum Gasteiger partial charge on any atom is 0.344 e. The molecule has 1 aromatic rings. The Bertz CT molecular complexity index is 831. The minimum atomic E-state index is -0.573. The van der Waals surface area contributed by atoms with E-state index in [2.05, 4.69) is 20.8 Å². The summed E-state index contributed by atoms with van der Waals surface area (Å²) in [7, 11) is 1.55. The zero-order valence-corrected chi connectivity index (χ0v) is 18.7. The van der Waals surface area contributed by atoms with Crippen molar-refractivity contribution < 1.29 is 23.8 Å². The first-order valence-corrected chi connectivity index (χ1v) is 10.5. The van der Waals surface area contributed by atoms with Gasteiger partial charge in [0.15, 0.2) is 24.7 Å². The Balaban J connectivity index is 1.50. The van der Waals surface area contributed by atoms with Crippen molar-refractivity contribution in [1.82, 2.24) is 4.90 Å². The van der Waals surface area contributed by atoms with E-state index in [0.29, 0.717) is 11.5 Å². The Hall–Kier alpha value is -2.50. The van der Waals surface area contributed by atoms with Gasteiger partial charge in [-0.25, -0.2) is 4.79 Å². The number of nitrogens with zero attached hydrogens (tertiary/aromatic N) is 1. The van der Waals surface area contributed by atoms with Crippen molar-refractivity contribution in [2.75, 3.05) is 26.9 Å². The van der Waals surface area contributed by atoms with Gasteiger partial charge in [-0.05, 0) is 54.7 Å². The second kappa shape index (κ2) is 8.70. The Morgan fingerprint density at radius 1 is 1.17 bits per heavy atom. The van der Waals surface area contributed by atoms with Crippen LogP contribution in [0.25, 0.3) is 6.08 Å². The molecule has 2 aliphatic rings. The van der Waals surface area contributed by atoms with E-state index in [-0.39, 0.29) is 36.0 Å². The summed E-state index contributed by atoms with van der Waals surface area (Å²) in [5.74, 6) is 0.298. The third-order valence-electron chi connectivity index (χ3n) is 5.98. The molecular weight excluding hydrogens is 382 g/mol. The molecule has 6 heteroatoms. The number of ether oxygens (including phenoxy) is 3. The number of methoxy groups -OCH3 is 1. The molecule has 2 bridgehead atoms. The molecule has 1 heterocycles. The standard InChI is InChI=1S/C24H33NO5/c1-6-7-17-8-9-19(20(10-17)28-5)29-14-22(27)30-13-21(26)25-16-24(4)12-18(25)11-23(2,3)15-24/h6-10,18H,11-16H2,1-5H3/b7-6+/t18-,24-/m0/s1. The molecule has 1 aliphatic heterocycles. The highest BCUT2D eigenvalue weighted by molar-refractivity contribution is 5.81. The van der Waals surface area contributed by atoms with Crippen molar-refractivity contribution in [3.63, 3.8) is 0 Å². The fourth-order valence-corrected chi connectivity index (χ4v) is 5.25. The molecule has 1 aliphatic carbocycles. The van der Waals surface area contributed by atoms with E-state index in [1.54, 1.807) is 13.2 Å². The van der Waals surface area contributed by atoms with Crippen molar-refractivity contribution in [3.8, 4) is 11.5 Å². The number of carbonyl (C=O) groups excluding carboxylic acids is 2. The van der Waals surface area contributed by atoms with Gasteiger partial charge in [-0.1, -0.05) is 39.0 Å². The van der Waals surface area contributed by atoms with E-state index in [1.807, 2.05) is 36.1 Å². The van der Waals surface area contributed by atoms with Crippen molar-refractivity contribution in [2.24, 2.45) is 10.8 Å². The molecular formula is C24H33NO5. The van der Waals surface area contributed by atoms with E-state index >= 15 is 0 Å². The van der Waals surface area contributed by atoms with Crippen LogP contribution in [0.2, 0.25) is 0 Å². The molecule has 6 nitrogen and oxygen atoms in total. The van der Waals surface area contributed by atoms with Gasteiger partial charge in [-0.3, -0.25) is 4.79 Å².